The van der Waals surface area contributed by atoms with E-state index in [-0.39, 0.29) is 11.9 Å². The van der Waals surface area contributed by atoms with E-state index in [1.807, 2.05) is 6.92 Å². The molecule has 8 heteroatoms. The summed E-state index contributed by atoms with van der Waals surface area (Å²) in [4.78, 5) is 18.9. The molecule has 0 radical (unpaired) electrons. The van der Waals surface area contributed by atoms with Crippen LogP contribution in [0.3, 0.4) is 0 Å². The number of halogens is 3. The Morgan fingerprint density at radius 3 is 2.78 bits per heavy atom. The fourth-order valence-corrected chi connectivity index (χ4v) is 3.56. The summed E-state index contributed by atoms with van der Waals surface area (Å²) in [5, 5.41) is 5.20. The Balaban J connectivity index is 1.80. The highest BCUT2D eigenvalue weighted by Gasteiger charge is 2.33. The summed E-state index contributed by atoms with van der Waals surface area (Å²) in [7, 11) is 0. The van der Waals surface area contributed by atoms with Crippen LogP contribution in [0.2, 0.25) is 10.0 Å². The first kappa shape index (κ1) is 17.9. The molecular formula is C19H15Cl2FN4O. The number of carbonyl (C=O) groups excluding carboxylic acids is 1. The van der Waals surface area contributed by atoms with Crippen molar-refractivity contribution in [3.63, 3.8) is 0 Å². The third-order valence-electron chi connectivity index (χ3n) is 4.59. The Hall–Kier alpha value is -2.44. The molecular weight excluding hydrogens is 390 g/mol. The Morgan fingerprint density at radius 2 is 2.04 bits per heavy atom. The lowest BCUT2D eigenvalue weighted by atomic mass is 10.0. The molecule has 27 heavy (non-hydrogen) atoms. The largest absolute Gasteiger partial charge is 0.305 e. The summed E-state index contributed by atoms with van der Waals surface area (Å²) < 4.78 is 14.7. The molecule has 1 aliphatic rings. The number of anilines is 1. The quantitative estimate of drug-likeness (QED) is 0.620. The van der Waals surface area contributed by atoms with Crippen LogP contribution in [0, 0.1) is 0 Å². The summed E-state index contributed by atoms with van der Waals surface area (Å²) in [6.07, 6.45) is 3.17. The van der Waals surface area contributed by atoms with Crippen molar-refractivity contribution in [1.29, 1.82) is 0 Å². The van der Waals surface area contributed by atoms with Crippen LogP contribution in [-0.4, -0.2) is 27.2 Å². The van der Waals surface area contributed by atoms with Crippen LogP contribution in [0.25, 0.3) is 11.1 Å². The molecule has 0 unspecified atom stereocenters. The number of aromatic nitrogens is 3. The first-order chi connectivity index (χ1) is 13.0. The highest BCUT2D eigenvalue weighted by molar-refractivity contribution is 6.42. The zero-order valence-corrected chi connectivity index (χ0v) is 15.9. The second kappa shape index (κ2) is 6.94. The lowest BCUT2D eigenvalue weighted by Crippen LogP contribution is -2.42. The van der Waals surface area contributed by atoms with Crippen molar-refractivity contribution in [2.45, 2.75) is 19.6 Å². The molecule has 3 aromatic rings. The van der Waals surface area contributed by atoms with Gasteiger partial charge in [0, 0.05) is 24.0 Å². The van der Waals surface area contributed by atoms with E-state index in [4.69, 9.17) is 23.2 Å². The van der Waals surface area contributed by atoms with Gasteiger partial charge in [0.1, 0.15) is 12.4 Å². The van der Waals surface area contributed by atoms with Crippen LogP contribution in [0.15, 0.2) is 42.7 Å². The van der Waals surface area contributed by atoms with E-state index in [1.54, 1.807) is 46.1 Å². The van der Waals surface area contributed by atoms with Crippen molar-refractivity contribution < 1.29 is 9.18 Å². The van der Waals surface area contributed by atoms with Crippen LogP contribution >= 0.6 is 23.2 Å². The van der Waals surface area contributed by atoms with Crippen molar-refractivity contribution in [1.82, 2.24) is 14.8 Å². The average molecular weight is 405 g/mol. The van der Waals surface area contributed by atoms with Crippen molar-refractivity contribution in [2.75, 3.05) is 11.4 Å². The topological polar surface area (TPSA) is 51.0 Å². The van der Waals surface area contributed by atoms with Gasteiger partial charge in [0.05, 0.1) is 28.0 Å². The van der Waals surface area contributed by atoms with E-state index >= 15 is 0 Å². The fourth-order valence-electron chi connectivity index (χ4n) is 3.27. The number of amides is 1. The predicted molar refractivity (Wildman–Crippen MR) is 103 cm³/mol. The van der Waals surface area contributed by atoms with E-state index in [1.165, 1.54) is 6.20 Å². The lowest BCUT2D eigenvalue weighted by Gasteiger charge is -2.32. The van der Waals surface area contributed by atoms with Gasteiger partial charge in [-0.15, -0.1) is 0 Å². The third kappa shape index (κ3) is 3.09. The maximum absolute atomic E-state index is 13.3. The molecule has 1 aromatic carbocycles. The van der Waals surface area contributed by atoms with E-state index in [0.717, 1.165) is 0 Å². The fraction of sp³-hybridized carbons (Fsp3) is 0.211. The molecule has 0 N–H and O–H groups in total. The zero-order chi connectivity index (χ0) is 19.1. The second-order valence-electron chi connectivity index (χ2n) is 6.38. The number of hydrogen-bond acceptors (Lipinski definition) is 3. The molecule has 1 aliphatic heterocycles. The summed E-state index contributed by atoms with van der Waals surface area (Å²) >= 11 is 12.1. The molecule has 0 spiro atoms. The Labute approximate surface area is 165 Å². The first-order valence-electron chi connectivity index (χ1n) is 8.35. The summed E-state index contributed by atoms with van der Waals surface area (Å²) in [5.74, 6) is -0.197. The molecule has 5 nitrogen and oxygen atoms in total. The van der Waals surface area contributed by atoms with Gasteiger partial charge in [0.15, 0.2) is 0 Å². The Morgan fingerprint density at radius 1 is 1.22 bits per heavy atom. The number of alkyl halides is 1. The molecule has 0 aliphatic carbocycles. The SMILES string of the molecule is C[C@H]1CN(c2ccc(Cl)c(Cl)c2)C(=O)c2c(-c3ccnc(CF)c3)cnn21. The lowest BCUT2D eigenvalue weighted by molar-refractivity contribution is 0.0954. The van der Waals surface area contributed by atoms with Crippen molar-refractivity contribution in [3.05, 3.63) is 64.2 Å². The maximum atomic E-state index is 13.3. The number of benzene rings is 1. The molecule has 0 saturated carbocycles. The number of carbonyl (C=O) groups is 1. The van der Waals surface area contributed by atoms with Crippen LogP contribution < -0.4 is 4.90 Å². The molecule has 1 atom stereocenters. The Bertz CT molecular complexity index is 1040. The Kier molecular flexibility index (Phi) is 4.61. The van der Waals surface area contributed by atoms with Gasteiger partial charge in [-0.2, -0.15) is 5.10 Å². The summed E-state index contributed by atoms with van der Waals surface area (Å²) in [5.41, 5.74) is 2.78. The predicted octanol–water partition coefficient (Wildman–Crippen LogP) is 4.94. The zero-order valence-electron chi connectivity index (χ0n) is 14.4. The number of pyridine rings is 1. The van der Waals surface area contributed by atoms with E-state index in [2.05, 4.69) is 10.1 Å². The minimum absolute atomic E-state index is 0.0385. The van der Waals surface area contributed by atoms with Gasteiger partial charge in [0.25, 0.3) is 5.91 Å². The summed E-state index contributed by atoms with van der Waals surface area (Å²) in [6, 6.07) is 8.44. The molecule has 2 aromatic heterocycles. The van der Waals surface area contributed by atoms with Gasteiger partial charge in [-0.1, -0.05) is 23.2 Å². The van der Waals surface area contributed by atoms with Crippen LogP contribution in [0.1, 0.15) is 29.1 Å². The number of rotatable bonds is 3. The van der Waals surface area contributed by atoms with Gasteiger partial charge in [-0.25, -0.2) is 4.39 Å². The first-order valence-corrected chi connectivity index (χ1v) is 9.11. The third-order valence-corrected chi connectivity index (χ3v) is 5.33. The van der Waals surface area contributed by atoms with Gasteiger partial charge >= 0.3 is 0 Å². The van der Waals surface area contributed by atoms with Crippen LogP contribution in [0.4, 0.5) is 10.1 Å². The standard InChI is InChI=1S/C19H15Cl2FN4O/c1-11-10-25(14-2-3-16(20)17(21)7-14)19(27)18-15(9-24-26(11)18)12-4-5-23-13(6-12)8-22/h2-7,9,11H,8,10H2,1H3/t11-/m0/s1. The van der Waals surface area contributed by atoms with Gasteiger partial charge in [-0.05, 0) is 42.8 Å². The molecule has 3 heterocycles. The molecule has 0 fully saturated rings. The van der Waals surface area contributed by atoms with Gasteiger partial charge in [0.2, 0.25) is 0 Å². The normalized spacial score (nSPS) is 16.5. The second-order valence-corrected chi connectivity index (χ2v) is 7.20. The van der Waals surface area contributed by atoms with Crippen LogP contribution in [0.5, 0.6) is 0 Å². The van der Waals surface area contributed by atoms with E-state index < -0.39 is 6.67 Å². The van der Waals surface area contributed by atoms with E-state index in [9.17, 15) is 9.18 Å². The minimum atomic E-state index is -0.670. The molecule has 4 rings (SSSR count). The van der Waals surface area contributed by atoms with Crippen LogP contribution in [-0.2, 0) is 6.67 Å². The molecule has 0 saturated heterocycles. The minimum Gasteiger partial charge on any atom is -0.305 e. The van der Waals surface area contributed by atoms with Crippen molar-refractivity contribution >= 4 is 34.8 Å². The average Bonchev–Trinajstić information content (AvgIpc) is 3.13. The highest BCUT2D eigenvalue weighted by Crippen LogP contribution is 2.34. The van der Waals surface area contributed by atoms with Gasteiger partial charge in [-0.3, -0.25) is 14.5 Å². The number of fused-ring (bicyclic) bond motifs is 1. The van der Waals surface area contributed by atoms with Crippen molar-refractivity contribution in [2.24, 2.45) is 0 Å². The molecule has 1 amide bonds. The number of nitrogens with zero attached hydrogens (tertiary/aromatic N) is 4. The number of hydrogen-bond donors (Lipinski definition) is 0. The monoisotopic (exact) mass is 404 g/mol. The highest BCUT2D eigenvalue weighted by atomic mass is 35.5. The molecule has 0 bridgehead atoms. The summed E-state index contributed by atoms with van der Waals surface area (Å²) in [6.45, 7) is 1.77. The van der Waals surface area contributed by atoms with Crippen molar-refractivity contribution in [3.8, 4) is 11.1 Å². The molecule has 138 valence electrons. The maximum Gasteiger partial charge on any atom is 0.277 e. The smallest absolute Gasteiger partial charge is 0.277 e. The van der Waals surface area contributed by atoms with E-state index in [0.29, 0.717) is 44.8 Å². The van der Waals surface area contributed by atoms with Gasteiger partial charge < -0.3 is 4.90 Å².